The summed E-state index contributed by atoms with van der Waals surface area (Å²) in [5, 5.41) is 2.89. The zero-order valence-electron chi connectivity index (χ0n) is 15.9. The molecule has 0 aliphatic rings. The molecule has 0 unspecified atom stereocenters. The predicted molar refractivity (Wildman–Crippen MR) is 113 cm³/mol. The van der Waals surface area contributed by atoms with Crippen LogP contribution in [0.3, 0.4) is 0 Å². The summed E-state index contributed by atoms with van der Waals surface area (Å²) >= 11 is 3.43. The molecule has 0 aromatic heterocycles. The molecule has 0 fully saturated rings. The van der Waals surface area contributed by atoms with Crippen molar-refractivity contribution < 1.29 is 14.0 Å². The van der Waals surface area contributed by atoms with Crippen molar-refractivity contribution >= 4 is 40.6 Å². The van der Waals surface area contributed by atoms with Crippen LogP contribution in [0, 0.1) is 0 Å². The van der Waals surface area contributed by atoms with Gasteiger partial charge in [0.05, 0.1) is 6.61 Å². The molecule has 5 heteroatoms. The Hall–Kier alpha value is -1.43. The lowest BCUT2D eigenvalue weighted by atomic mass is 10.2. The highest BCUT2D eigenvalue weighted by Gasteiger charge is 2.50. The number of rotatable bonds is 7. The minimum absolute atomic E-state index is 0.0945. The summed E-state index contributed by atoms with van der Waals surface area (Å²) in [7, 11) is -2.59. The van der Waals surface area contributed by atoms with Gasteiger partial charge in [0.15, 0.2) is 0 Å². The van der Waals surface area contributed by atoms with Gasteiger partial charge in [0.2, 0.25) is 0 Å². The molecule has 2 rings (SSSR count). The Labute approximate surface area is 166 Å². The molecule has 140 valence electrons. The second-order valence-electron chi connectivity index (χ2n) is 7.36. The van der Waals surface area contributed by atoms with Crippen LogP contribution in [0.5, 0.6) is 0 Å². The van der Waals surface area contributed by atoms with E-state index in [0.717, 1.165) is 0 Å². The van der Waals surface area contributed by atoms with Gasteiger partial charge in [-0.3, -0.25) is 4.79 Å². The van der Waals surface area contributed by atoms with Crippen molar-refractivity contribution in [1.82, 2.24) is 0 Å². The molecule has 26 heavy (non-hydrogen) atoms. The summed E-state index contributed by atoms with van der Waals surface area (Å²) in [6, 6.07) is 20.9. The Bertz CT molecular complexity index is 659. The number of benzene rings is 2. The highest BCUT2D eigenvalue weighted by atomic mass is 79.9. The maximum atomic E-state index is 11.4. The number of hydrogen-bond donors (Lipinski definition) is 0. The monoisotopic (exact) mass is 434 g/mol. The van der Waals surface area contributed by atoms with Gasteiger partial charge < -0.3 is 9.16 Å². The first kappa shape index (κ1) is 20.9. The summed E-state index contributed by atoms with van der Waals surface area (Å²) < 4.78 is 12.1. The normalized spacial score (nSPS) is 13.3. The summed E-state index contributed by atoms with van der Waals surface area (Å²) in [6.45, 7) is 8.48. The van der Waals surface area contributed by atoms with Gasteiger partial charge >= 0.3 is 5.97 Å². The number of alkyl halides is 1. The van der Waals surface area contributed by atoms with Crippen LogP contribution in [-0.2, 0) is 14.0 Å². The Morgan fingerprint density at radius 1 is 1.00 bits per heavy atom. The van der Waals surface area contributed by atoms with Crippen LogP contribution in [0.15, 0.2) is 60.7 Å². The van der Waals surface area contributed by atoms with Crippen LogP contribution >= 0.6 is 15.9 Å². The number of carbonyl (C=O) groups excluding carboxylic acids is 1. The Morgan fingerprint density at radius 3 is 1.81 bits per heavy atom. The van der Waals surface area contributed by atoms with Gasteiger partial charge in [-0.1, -0.05) is 97.4 Å². The lowest BCUT2D eigenvalue weighted by Gasteiger charge is -2.43. The van der Waals surface area contributed by atoms with Crippen molar-refractivity contribution in [3.8, 4) is 0 Å². The summed E-state index contributed by atoms with van der Waals surface area (Å²) in [4.78, 5) is 11.4. The largest absolute Gasteiger partial charge is 0.459 e. The van der Waals surface area contributed by atoms with Gasteiger partial charge in [-0.15, -0.1) is 0 Å². The van der Waals surface area contributed by atoms with Gasteiger partial charge in [0, 0.05) is 12.3 Å². The minimum Gasteiger partial charge on any atom is -0.459 e. The van der Waals surface area contributed by atoms with E-state index < -0.39 is 8.32 Å². The predicted octanol–water partition coefficient (Wildman–Crippen LogP) is 3.89. The molecule has 0 radical (unpaired) electrons. The van der Waals surface area contributed by atoms with Gasteiger partial charge in [-0.05, 0) is 15.4 Å². The van der Waals surface area contributed by atoms with Crippen LogP contribution < -0.4 is 10.4 Å². The molecule has 2 aromatic carbocycles. The van der Waals surface area contributed by atoms with E-state index in [-0.39, 0.29) is 17.1 Å². The third kappa shape index (κ3) is 4.64. The van der Waals surface area contributed by atoms with E-state index in [0.29, 0.717) is 11.9 Å². The third-order valence-corrected chi connectivity index (χ3v) is 10.1. The molecule has 0 saturated carbocycles. The third-order valence-electron chi connectivity index (χ3n) is 4.41. The van der Waals surface area contributed by atoms with E-state index >= 15 is 0 Å². The van der Waals surface area contributed by atoms with Crippen molar-refractivity contribution in [3.63, 3.8) is 0 Å². The van der Waals surface area contributed by atoms with E-state index in [1.165, 1.54) is 17.3 Å². The summed E-state index contributed by atoms with van der Waals surface area (Å²) in [5.74, 6) is -0.291. The maximum Gasteiger partial charge on any atom is 0.303 e. The molecule has 0 heterocycles. The molecule has 0 spiro atoms. The molecule has 0 saturated heterocycles. The van der Waals surface area contributed by atoms with Crippen LogP contribution in [0.4, 0.5) is 0 Å². The van der Waals surface area contributed by atoms with Crippen LogP contribution in [0.2, 0.25) is 5.04 Å². The first-order valence-electron chi connectivity index (χ1n) is 8.79. The number of halogens is 1. The van der Waals surface area contributed by atoms with Gasteiger partial charge in [0.1, 0.15) is 6.10 Å². The molecule has 0 aliphatic heterocycles. The fraction of sp³-hybridized carbons (Fsp3) is 0.381. The second kappa shape index (κ2) is 8.98. The van der Waals surface area contributed by atoms with Crippen molar-refractivity contribution in [2.75, 3.05) is 11.9 Å². The highest BCUT2D eigenvalue weighted by molar-refractivity contribution is 9.09. The Morgan fingerprint density at radius 2 is 1.46 bits per heavy atom. The van der Waals surface area contributed by atoms with E-state index in [1.807, 2.05) is 12.1 Å². The first-order chi connectivity index (χ1) is 12.3. The number of hydrogen-bond acceptors (Lipinski definition) is 3. The zero-order valence-corrected chi connectivity index (χ0v) is 18.5. The van der Waals surface area contributed by atoms with Crippen molar-refractivity contribution in [2.24, 2.45) is 0 Å². The van der Waals surface area contributed by atoms with E-state index in [2.05, 4.69) is 85.2 Å². The van der Waals surface area contributed by atoms with E-state index in [1.54, 1.807) is 0 Å². The number of esters is 1. The molecule has 0 N–H and O–H groups in total. The average molecular weight is 435 g/mol. The Kier molecular flexibility index (Phi) is 7.21. The molecule has 0 bridgehead atoms. The van der Waals surface area contributed by atoms with Crippen molar-refractivity contribution in [1.29, 1.82) is 0 Å². The lowest BCUT2D eigenvalue weighted by molar-refractivity contribution is -0.146. The molecule has 3 nitrogen and oxygen atoms in total. The van der Waals surface area contributed by atoms with Crippen molar-refractivity contribution in [2.45, 2.75) is 38.8 Å². The van der Waals surface area contributed by atoms with E-state index in [9.17, 15) is 4.79 Å². The first-order valence-corrected chi connectivity index (χ1v) is 11.8. The number of carbonyl (C=O) groups is 1. The summed E-state index contributed by atoms with van der Waals surface area (Å²) in [6.07, 6.45) is -0.311. The molecular formula is C21H27BrO3Si. The lowest BCUT2D eigenvalue weighted by Crippen LogP contribution is -2.67. The maximum absolute atomic E-state index is 11.4. The van der Waals surface area contributed by atoms with Gasteiger partial charge in [-0.25, -0.2) is 0 Å². The molecule has 0 amide bonds. The fourth-order valence-electron chi connectivity index (χ4n) is 3.32. The quantitative estimate of drug-likeness (QED) is 0.376. The smallest absolute Gasteiger partial charge is 0.303 e. The zero-order chi connectivity index (χ0) is 19.2. The molecule has 0 aliphatic carbocycles. The van der Waals surface area contributed by atoms with E-state index in [4.69, 9.17) is 9.16 Å². The second-order valence-corrected chi connectivity index (χ2v) is 12.3. The standard InChI is InChI=1S/C21H27BrO3Si/c1-17(23)25-18(15-22)16-24-26(21(2,3)4,19-11-7-5-8-12-19)20-13-9-6-10-14-20/h5-14,18H,15-16H2,1-4H3/t18-/m1/s1. The number of ether oxygens (including phenoxy) is 1. The van der Waals surface area contributed by atoms with Crippen molar-refractivity contribution in [3.05, 3.63) is 60.7 Å². The van der Waals surface area contributed by atoms with Crippen LogP contribution in [-0.4, -0.2) is 32.3 Å². The van der Waals surface area contributed by atoms with Gasteiger partial charge in [0.25, 0.3) is 8.32 Å². The fourth-order valence-corrected chi connectivity index (χ4v) is 8.23. The average Bonchev–Trinajstić information content (AvgIpc) is 2.61. The van der Waals surface area contributed by atoms with Crippen LogP contribution in [0.25, 0.3) is 0 Å². The molecule has 1 atom stereocenters. The highest BCUT2D eigenvalue weighted by Crippen LogP contribution is 2.36. The van der Waals surface area contributed by atoms with Crippen LogP contribution in [0.1, 0.15) is 27.7 Å². The topological polar surface area (TPSA) is 35.5 Å². The van der Waals surface area contributed by atoms with Gasteiger partial charge in [-0.2, -0.15) is 0 Å². The Balaban J connectivity index is 2.52. The molecular weight excluding hydrogens is 408 g/mol. The summed E-state index contributed by atoms with van der Waals surface area (Å²) in [5.41, 5.74) is 0. The molecule has 2 aromatic rings. The minimum atomic E-state index is -2.59. The SMILES string of the molecule is CC(=O)O[C@H](CBr)CO[Si](c1ccccc1)(c1ccccc1)C(C)(C)C.